The minimum absolute atomic E-state index is 0.522. The van der Waals surface area contributed by atoms with Gasteiger partial charge in [-0.3, -0.25) is 4.72 Å². The molecule has 0 amide bonds. The molecule has 0 saturated heterocycles. The van der Waals surface area contributed by atoms with E-state index in [9.17, 15) is 8.42 Å². The first-order valence-electron chi connectivity index (χ1n) is 9.61. The average Bonchev–Trinajstić information content (AvgIpc) is 3.10. The van der Waals surface area contributed by atoms with Gasteiger partial charge in [-0.1, -0.05) is 54.1 Å². The smallest absolute Gasteiger partial charge is 0.229 e. The number of anilines is 1. The average molecular weight is 418 g/mol. The number of hydrogen-bond acceptors (Lipinski definition) is 3. The van der Waals surface area contributed by atoms with Crippen molar-refractivity contribution in [2.75, 3.05) is 11.0 Å². The molecule has 0 spiro atoms. The van der Waals surface area contributed by atoms with Crippen molar-refractivity contribution in [3.05, 3.63) is 90.1 Å². The molecule has 4 rings (SSSR count). The van der Waals surface area contributed by atoms with Crippen molar-refractivity contribution in [2.24, 2.45) is 0 Å². The normalized spacial score (nSPS) is 11.4. The fourth-order valence-electron chi connectivity index (χ4n) is 3.37. The third-order valence-corrected chi connectivity index (χ3v) is 5.42. The zero-order valence-corrected chi connectivity index (χ0v) is 17.9. The van der Waals surface area contributed by atoms with Gasteiger partial charge in [0.25, 0.3) is 0 Å². The van der Waals surface area contributed by atoms with Crippen LogP contribution < -0.4 is 4.72 Å². The Bertz CT molecular complexity index is 1270. The van der Waals surface area contributed by atoms with Crippen LogP contribution in [0.5, 0.6) is 0 Å². The maximum Gasteiger partial charge on any atom is 0.229 e. The van der Waals surface area contributed by atoms with E-state index < -0.39 is 10.0 Å². The number of sulfonamides is 1. The second kappa shape index (κ2) is 7.80. The maximum absolute atomic E-state index is 11.4. The highest BCUT2D eigenvalue weighted by Crippen LogP contribution is 2.28. The van der Waals surface area contributed by atoms with Crippen LogP contribution >= 0.6 is 0 Å². The molecule has 0 unspecified atom stereocenters. The van der Waals surface area contributed by atoms with Crippen LogP contribution in [0.2, 0.25) is 0 Å². The Morgan fingerprint density at radius 1 is 0.767 bits per heavy atom. The van der Waals surface area contributed by atoms with Gasteiger partial charge in [0.05, 0.1) is 23.3 Å². The number of nitrogens with one attached hydrogen (secondary N) is 1. The molecule has 0 aliphatic heterocycles. The SMILES string of the molecule is Cc1ccc(-c2ccc(-c3cc(C)nn3-c3ccc(NS(C)(=O)=O)cc3)cc2)cc1. The largest absolute Gasteiger partial charge is 0.284 e. The second-order valence-corrected chi connectivity index (χ2v) is 9.20. The van der Waals surface area contributed by atoms with E-state index in [0.29, 0.717) is 5.69 Å². The van der Waals surface area contributed by atoms with Crippen LogP contribution in [-0.2, 0) is 10.0 Å². The molecule has 1 N–H and O–H groups in total. The van der Waals surface area contributed by atoms with E-state index in [-0.39, 0.29) is 0 Å². The number of aromatic nitrogens is 2. The summed E-state index contributed by atoms with van der Waals surface area (Å²) in [6.45, 7) is 4.04. The van der Waals surface area contributed by atoms with E-state index in [1.165, 1.54) is 11.1 Å². The van der Waals surface area contributed by atoms with Gasteiger partial charge in [0, 0.05) is 11.3 Å². The van der Waals surface area contributed by atoms with Crippen molar-refractivity contribution in [1.29, 1.82) is 0 Å². The van der Waals surface area contributed by atoms with Crippen molar-refractivity contribution in [3.8, 4) is 28.1 Å². The predicted molar refractivity (Wildman–Crippen MR) is 122 cm³/mol. The highest BCUT2D eigenvalue weighted by Gasteiger charge is 2.11. The Morgan fingerprint density at radius 3 is 1.87 bits per heavy atom. The molecule has 3 aromatic carbocycles. The highest BCUT2D eigenvalue weighted by molar-refractivity contribution is 7.92. The summed E-state index contributed by atoms with van der Waals surface area (Å²) >= 11 is 0. The lowest BCUT2D eigenvalue weighted by atomic mass is 10.0. The van der Waals surface area contributed by atoms with Gasteiger partial charge in [-0.15, -0.1) is 0 Å². The van der Waals surface area contributed by atoms with Crippen LogP contribution in [0.4, 0.5) is 5.69 Å². The lowest BCUT2D eigenvalue weighted by Crippen LogP contribution is -2.09. The first-order chi connectivity index (χ1) is 14.3. The quantitative estimate of drug-likeness (QED) is 0.486. The van der Waals surface area contributed by atoms with E-state index >= 15 is 0 Å². The van der Waals surface area contributed by atoms with Crippen LogP contribution in [0.25, 0.3) is 28.1 Å². The topological polar surface area (TPSA) is 64.0 Å². The van der Waals surface area contributed by atoms with Crippen LogP contribution in [0.3, 0.4) is 0 Å². The summed E-state index contributed by atoms with van der Waals surface area (Å²) in [6.07, 6.45) is 1.14. The first-order valence-corrected chi connectivity index (χ1v) is 11.5. The Hall–Kier alpha value is -3.38. The molecule has 5 nitrogen and oxygen atoms in total. The van der Waals surface area contributed by atoms with Gasteiger partial charge in [-0.2, -0.15) is 5.10 Å². The third-order valence-electron chi connectivity index (χ3n) is 4.81. The van der Waals surface area contributed by atoms with Gasteiger partial charge in [-0.05, 0) is 55.3 Å². The van der Waals surface area contributed by atoms with Crippen LogP contribution in [-0.4, -0.2) is 24.5 Å². The molecule has 0 fully saturated rings. The van der Waals surface area contributed by atoms with E-state index in [2.05, 4.69) is 65.3 Å². The lowest BCUT2D eigenvalue weighted by molar-refractivity contribution is 0.607. The maximum atomic E-state index is 11.4. The van der Waals surface area contributed by atoms with Crippen molar-refractivity contribution in [1.82, 2.24) is 9.78 Å². The van der Waals surface area contributed by atoms with E-state index in [1.54, 1.807) is 12.1 Å². The molecule has 30 heavy (non-hydrogen) atoms. The predicted octanol–water partition coefficient (Wildman–Crippen LogP) is 5.19. The second-order valence-electron chi connectivity index (χ2n) is 7.45. The first kappa shape index (κ1) is 19.9. The summed E-state index contributed by atoms with van der Waals surface area (Å²) in [7, 11) is -3.30. The molecule has 0 aliphatic carbocycles. The molecule has 0 atom stereocenters. The number of hydrogen-bond donors (Lipinski definition) is 1. The fourth-order valence-corrected chi connectivity index (χ4v) is 3.93. The van der Waals surface area contributed by atoms with Gasteiger partial charge in [0.2, 0.25) is 10.0 Å². The number of nitrogens with zero attached hydrogens (tertiary/aromatic N) is 2. The van der Waals surface area contributed by atoms with Gasteiger partial charge in [-0.25, -0.2) is 13.1 Å². The highest BCUT2D eigenvalue weighted by atomic mass is 32.2. The zero-order chi connectivity index (χ0) is 21.3. The number of rotatable bonds is 5. The van der Waals surface area contributed by atoms with Crippen molar-refractivity contribution in [2.45, 2.75) is 13.8 Å². The van der Waals surface area contributed by atoms with E-state index in [1.807, 2.05) is 29.8 Å². The molecule has 0 radical (unpaired) electrons. The van der Waals surface area contributed by atoms with Gasteiger partial charge in [0.15, 0.2) is 0 Å². The summed E-state index contributed by atoms with van der Waals surface area (Å²) < 4.78 is 27.2. The third kappa shape index (κ3) is 4.44. The van der Waals surface area contributed by atoms with Crippen LogP contribution in [0.1, 0.15) is 11.3 Å². The molecule has 6 heteroatoms. The minimum atomic E-state index is -3.30. The molecule has 0 saturated carbocycles. The van der Waals surface area contributed by atoms with Crippen molar-refractivity contribution in [3.63, 3.8) is 0 Å². The summed E-state index contributed by atoms with van der Waals surface area (Å²) in [5, 5.41) is 4.63. The van der Waals surface area contributed by atoms with Gasteiger partial charge in [0.1, 0.15) is 0 Å². The lowest BCUT2D eigenvalue weighted by Gasteiger charge is -2.10. The Kier molecular flexibility index (Phi) is 5.18. The summed E-state index contributed by atoms with van der Waals surface area (Å²) in [5.41, 5.74) is 7.92. The zero-order valence-electron chi connectivity index (χ0n) is 17.1. The summed E-state index contributed by atoms with van der Waals surface area (Å²) in [6, 6.07) is 26.1. The summed E-state index contributed by atoms with van der Waals surface area (Å²) in [4.78, 5) is 0. The standard InChI is InChI=1S/C24H23N3O2S/c1-17-4-6-19(7-5-17)20-8-10-21(11-9-20)24-16-18(2)25-27(24)23-14-12-22(13-15-23)26-30(3,28)29/h4-16,26H,1-3H3. The molecule has 152 valence electrons. The Morgan fingerprint density at radius 2 is 1.30 bits per heavy atom. The fraction of sp³-hybridized carbons (Fsp3) is 0.125. The Balaban J connectivity index is 1.65. The molecule has 1 heterocycles. The molecule has 4 aromatic rings. The van der Waals surface area contributed by atoms with Crippen LogP contribution in [0, 0.1) is 13.8 Å². The summed E-state index contributed by atoms with van der Waals surface area (Å²) in [5.74, 6) is 0. The Labute approximate surface area is 177 Å². The number of benzene rings is 3. The van der Waals surface area contributed by atoms with Gasteiger partial charge >= 0.3 is 0 Å². The van der Waals surface area contributed by atoms with Gasteiger partial charge < -0.3 is 0 Å². The molecular weight excluding hydrogens is 394 g/mol. The van der Waals surface area contributed by atoms with Crippen LogP contribution in [0.15, 0.2) is 78.9 Å². The van der Waals surface area contributed by atoms with E-state index in [0.717, 1.165) is 34.5 Å². The number of aryl methyl sites for hydroxylation is 2. The van der Waals surface area contributed by atoms with E-state index in [4.69, 9.17) is 0 Å². The van der Waals surface area contributed by atoms with Crippen molar-refractivity contribution >= 4 is 15.7 Å². The molecular formula is C24H23N3O2S. The monoisotopic (exact) mass is 417 g/mol. The molecule has 0 aliphatic rings. The molecule has 1 aromatic heterocycles. The molecule has 0 bridgehead atoms. The van der Waals surface area contributed by atoms with Crippen molar-refractivity contribution < 1.29 is 8.42 Å². The minimum Gasteiger partial charge on any atom is -0.284 e.